The van der Waals surface area contributed by atoms with E-state index in [1.54, 1.807) is 35.5 Å². The van der Waals surface area contributed by atoms with Crippen molar-refractivity contribution in [3.05, 3.63) is 115 Å². The van der Waals surface area contributed by atoms with Crippen LogP contribution in [0.15, 0.2) is 76.0 Å². The highest BCUT2D eigenvalue weighted by Gasteiger charge is 2.45. The predicted octanol–water partition coefficient (Wildman–Crippen LogP) is 6.44. The van der Waals surface area contributed by atoms with Crippen LogP contribution >= 0.6 is 11.3 Å². The Kier molecular flexibility index (Phi) is 14.0. The fourth-order valence-corrected chi connectivity index (χ4v) is 14.0. The standard InChI is InChI=1S/C61H64FN13O9S/c1-29(2)52(60(81)73-24-38(77)19-47(73)57(78)67-46(26-76)33-6-8-34(9-7-33)55-31(4)64-28-85-55)74-25-42-40-12-5-32(17-44(40)66-58(79)50(42)71-74)27-83-54-51-49(56(72-23-35-18-37(72)21-63-35)69-61(68-51)84-39-13-15-82-16-14-39)59(80)75(36-10-11-36)53(54)48-30(3)43(62)20-45-41(48)22-65-70-45/h5-9,12,17,20,22,25,28-29,35-39,46-47,52,63,76-77H,10-11,13-16,18-19,21,23-24,26-27H2,1-4H3,(H,65,70)(H,66,79)(H,67,78)/t35-,37-,38+,46-,47-,52-/m0/s1. The third-order valence-corrected chi connectivity index (χ3v) is 18.6. The van der Waals surface area contributed by atoms with Gasteiger partial charge in [-0.15, -0.1) is 11.3 Å². The quantitative estimate of drug-likeness (QED) is 0.0608. The Balaban J connectivity index is 0.807. The molecule has 10 heterocycles. The second-order valence-corrected chi connectivity index (χ2v) is 24.5. The van der Waals surface area contributed by atoms with E-state index in [1.165, 1.54) is 27.0 Å². The summed E-state index contributed by atoms with van der Waals surface area (Å²) in [6.45, 7) is 9.12. The fourth-order valence-electron chi connectivity index (χ4n) is 13.2. The normalized spacial score (nSPS) is 20.7. The molecule has 6 aromatic heterocycles. The number of likely N-dealkylation sites (tertiary alicyclic amines) is 1. The molecule has 1 saturated carbocycles. The summed E-state index contributed by atoms with van der Waals surface area (Å²) in [7, 11) is 0. The first-order valence-corrected chi connectivity index (χ1v) is 30.0. The van der Waals surface area contributed by atoms with E-state index in [0.717, 1.165) is 29.1 Å². The molecule has 1 aliphatic carbocycles. The molecule has 5 aliphatic rings. The Hall–Kier alpha value is -8.16. The van der Waals surface area contributed by atoms with E-state index in [9.17, 15) is 24.6 Å². The number of aromatic amines is 2. The number of hydrogen-bond acceptors (Lipinski definition) is 17. The number of aliphatic hydroxyl groups excluding tert-OH is 2. The number of carbonyl (C=O) groups excluding carboxylic acids is 2. The molecule has 22 nitrogen and oxygen atoms in total. The lowest BCUT2D eigenvalue weighted by Gasteiger charge is -2.31. The van der Waals surface area contributed by atoms with E-state index in [4.69, 9.17) is 29.3 Å². The molecular weight excluding hydrogens is 1110 g/mol. The summed E-state index contributed by atoms with van der Waals surface area (Å²) in [5.74, 6) is -1.16. The van der Waals surface area contributed by atoms with Crippen LogP contribution < -0.4 is 36.1 Å². The predicted molar refractivity (Wildman–Crippen MR) is 316 cm³/mol. The summed E-state index contributed by atoms with van der Waals surface area (Å²) < 4.78 is 38.8. The minimum absolute atomic E-state index is 0.0135. The number of thiazole rings is 1. The van der Waals surface area contributed by atoms with Gasteiger partial charge in [-0.1, -0.05) is 50.2 Å². The fraction of sp³-hybridized carbons (Fsp3) is 0.426. The number of amides is 2. The minimum atomic E-state index is -1.05. The monoisotopic (exact) mass is 1170 g/mol. The Morgan fingerprint density at radius 3 is 2.48 bits per heavy atom. The number of benzene rings is 3. The highest BCUT2D eigenvalue weighted by molar-refractivity contribution is 7.13. The zero-order valence-corrected chi connectivity index (χ0v) is 48.1. The molecular formula is C61H64FN13O9S. The van der Waals surface area contributed by atoms with E-state index in [0.29, 0.717) is 106 Å². The van der Waals surface area contributed by atoms with Crippen LogP contribution in [0.4, 0.5) is 10.2 Å². The summed E-state index contributed by atoms with van der Waals surface area (Å²) in [6.07, 6.45) is 5.64. The number of halogens is 1. The number of anilines is 1. The van der Waals surface area contributed by atoms with Gasteiger partial charge >= 0.3 is 6.01 Å². The number of H-pyrrole nitrogens is 2. The third-order valence-electron chi connectivity index (χ3n) is 17.6. The van der Waals surface area contributed by atoms with Crippen LogP contribution in [0.1, 0.15) is 92.9 Å². The largest absolute Gasteiger partial charge is 0.484 e. The van der Waals surface area contributed by atoms with Gasteiger partial charge in [0, 0.05) is 90.5 Å². The number of nitrogens with one attached hydrogen (secondary N) is 4. The van der Waals surface area contributed by atoms with Gasteiger partial charge in [0.25, 0.3) is 11.1 Å². The van der Waals surface area contributed by atoms with E-state index < -0.39 is 54.0 Å². The van der Waals surface area contributed by atoms with Crippen molar-refractivity contribution in [3.8, 4) is 33.5 Å². The molecule has 0 unspecified atom stereocenters. The van der Waals surface area contributed by atoms with Gasteiger partial charge in [-0.3, -0.25) is 29.0 Å². The van der Waals surface area contributed by atoms with E-state index >= 15 is 9.18 Å². The number of ether oxygens (including phenoxy) is 3. The maximum atomic E-state index is 16.3. The minimum Gasteiger partial charge on any atom is -0.484 e. The molecule has 6 atom stereocenters. The van der Waals surface area contributed by atoms with Crippen LogP contribution in [0.3, 0.4) is 0 Å². The first-order valence-electron chi connectivity index (χ1n) is 29.1. The molecule has 9 aromatic rings. The number of hydrogen-bond donors (Lipinski definition) is 6. The van der Waals surface area contributed by atoms with Crippen LogP contribution in [-0.4, -0.2) is 141 Å². The zero-order chi connectivity index (χ0) is 58.5. The SMILES string of the molecule is Cc1ncsc1-c1ccc([C@H](CO)NC(=O)[C@@H]2C[C@@H](O)CN2C(=O)[C@H](C(C)C)n2cc3c(n2)c(=O)[nH]c2cc(COc4c(-c5c(C)c(F)cc6[nH]ncc56)n(C5CC5)c(=O)c5c(N6C[C@@H]7C[C@H]6CN7)nc(OC6CCOCC6)nc45)ccc23)cc1. The van der Waals surface area contributed by atoms with Gasteiger partial charge in [0.05, 0.1) is 65.5 Å². The van der Waals surface area contributed by atoms with Crippen molar-refractivity contribution in [2.24, 2.45) is 5.92 Å². The van der Waals surface area contributed by atoms with Crippen LogP contribution in [0.25, 0.3) is 65.3 Å². The first-order chi connectivity index (χ1) is 41.2. The van der Waals surface area contributed by atoms with Gasteiger partial charge < -0.3 is 54.4 Å². The number of rotatable bonds is 16. The smallest absolute Gasteiger partial charge is 0.319 e. The molecule has 6 N–H and O–H groups in total. The molecule has 2 amide bonds. The number of pyridine rings is 2. The summed E-state index contributed by atoms with van der Waals surface area (Å²) in [4.78, 5) is 80.8. The summed E-state index contributed by atoms with van der Waals surface area (Å²) in [5.41, 5.74) is 6.46. The number of aryl methyl sites for hydroxylation is 1. The number of carbonyl (C=O) groups is 2. The Bertz CT molecular complexity index is 4240. The van der Waals surface area contributed by atoms with Crippen LogP contribution in [0.2, 0.25) is 0 Å². The number of piperazine rings is 1. The molecule has 2 bridgehead atoms. The maximum Gasteiger partial charge on any atom is 0.319 e. The first kappa shape index (κ1) is 54.8. The zero-order valence-electron chi connectivity index (χ0n) is 47.3. The van der Waals surface area contributed by atoms with Gasteiger partial charge in [0.2, 0.25) is 11.8 Å². The lowest BCUT2D eigenvalue weighted by atomic mass is 9.98. The Labute approximate surface area is 489 Å². The average Bonchev–Trinajstić information content (AvgIpc) is 2.17. The lowest BCUT2D eigenvalue weighted by Crippen LogP contribution is -2.50. The average molecular weight is 1170 g/mol. The lowest BCUT2D eigenvalue weighted by molar-refractivity contribution is -0.142. The van der Waals surface area contributed by atoms with Gasteiger partial charge in [0.1, 0.15) is 47.3 Å². The van der Waals surface area contributed by atoms with E-state index in [1.807, 2.05) is 57.2 Å². The number of aliphatic hydroxyl groups is 2. The number of fused-ring (bicyclic) bond motifs is 7. The van der Waals surface area contributed by atoms with E-state index in [2.05, 4.69) is 35.7 Å². The van der Waals surface area contributed by atoms with Crippen LogP contribution in [-0.2, 0) is 20.9 Å². The van der Waals surface area contributed by atoms with Crippen molar-refractivity contribution in [3.63, 3.8) is 0 Å². The van der Waals surface area contributed by atoms with Gasteiger partial charge in [0.15, 0.2) is 11.3 Å². The van der Waals surface area contributed by atoms with Gasteiger partial charge in [-0.25, -0.2) is 9.37 Å². The van der Waals surface area contributed by atoms with Gasteiger partial charge in [-0.05, 0) is 73.4 Å². The van der Waals surface area contributed by atoms with Crippen LogP contribution in [0, 0.1) is 25.6 Å². The number of aromatic nitrogens is 9. The second kappa shape index (κ2) is 21.7. The molecule has 0 radical (unpaired) electrons. The number of β-amino-alcohol motifs (C(OH)–C–C–N with tert-alkyl or cyclic N) is 1. The van der Waals surface area contributed by atoms with Crippen molar-refractivity contribution >= 4 is 72.6 Å². The molecule has 4 aliphatic heterocycles. The topological polar surface area (TPSA) is 273 Å². The highest BCUT2D eigenvalue weighted by Crippen LogP contribution is 2.48. The Morgan fingerprint density at radius 1 is 0.953 bits per heavy atom. The van der Waals surface area contributed by atoms with Crippen molar-refractivity contribution in [2.75, 3.05) is 44.4 Å². The summed E-state index contributed by atoms with van der Waals surface area (Å²) in [5, 5.41) is 41.9. The van der Waals surface area contributed by atoms with Crippen molar-refractivity contribution < 1.29 is 38.4 Å². The van der Waals surface area contributed by atoms with Crippen molar-refractivity contribution in [1.29, 1.82) is 0 Å². The molecule has 24 heteroatoms. The molecule has 5 fully saturated rings. The third kappa shape index (κ3) is 9.76. The van der Waals surface area contributed by atoms with E-state index in [-0.39, 0.29) is 83.5 Å². The Morgan fingerprint density at radius 2 is 1.76 bits per heavy atom. The molecule has 440 valence electrons. The molecule has 4 saturated heterocycles. The van der Waals surface area contributed by atoms with Gasteiger partial charge in [-0.2, -0.15) is 20.2 Å². The molecule has 0 spiro atoms. The second-order valence-electron chi connectivity index (χ2n) is 23.6. The van der Waals surface area contributed by atoms with Crippen molar-refractivity contribution in [1.82, 2.24) is 60.0 Å². The molecule has 3 aromatic carbocycles. The molecule has 14 rings (SSSR count). The summed E-state index contributed by atoms with van der Waals surface area (Å²) >= 11 is 1.52. The van der Waals surface area contributed by atoms with Crippen molar-refractivity contribution in [2.45, 2.75) is 121 Å². The summed E-state index contributed by atoms with van der Waals surface area (Å²) in [6, 6.07) is 11.8. The molecule has 85 heavy (non-hydrogen) atoms. The highest BCUT2D eigenvalue weighted by atomic mass is 32.1. The maximum absolute atomic E-state index is 16.3. The number of nitrogens with zero attached hydrogens (tertiary/aromatic N) is 9. The van der Waals surface area contributed by atoms with Crippen LogP contribution in [0.5, 0.6) is 11.8 Å².